The van der Waals surface area contributed by atoms with E-state index >= 15 is 0 Å². The first-order chi connectivity index (χ1) is 12.0. The van der Waals surface area contributed by atoms with E-state index in [2.05, 4.69) is 15.5 Å². The van der Waals surface area contributed by atoms with Crippen molar-refractivity contribution in [3.05, 3.63) is 59.4 Å². The number of hydrogen-bond donors (Lipinski definition) is 1. The second-order valence-corrected chi connectivity index (χ2v) is 5.92. The summed E-state index contributed by atoms with van der Waals surface area (Å²) in [5, 5.41) is 10.9. The van der Waals surface area contributed by atoms with E-state index in [4.69, 9.17) is 20.8 Å². The lowest BCUT2D eigenvalue weighted by Crippen LogP contribution is -2.30. The summed E-state index contributed by atoms with van der Waals surface area (Å²) < 4.78 is 10.8. The van der Waals surface area contributed by atoms with Crippen LogP contribution in [0, 0.1) is 6.92 Å². The van der Waals surface area contributed by atoms with Crippen molar-refractivity contribution in [2.75, 3.05) is 5.32 Å². The monoisotopic (exact) mass is 357 g/mol. The minimum absolute atomic E-state index is 0.272. The maximum Gasteiger partial charge on any atom is 0.265 e. The van der Waals surface area contributed by atoms with Gasteiger partial charge in [-0.3, -0.25) is 4.79 Å². The minimum Gasteiger partial charge on any atom is -0.481 e. The number of anilines is 1. The third-order valence-corrected chi connectivity index (χ3v) is 3.82. The molecule has 0 bridgehead atoms. The van der Waals surface area contributed by atoms with Crippen molar-refractivity contribution in [1.82, 2.24) is 10.2 Å². The number of nitrogens with zero attached hydrogens (tertiary/aromatic N) is 2. The van der Waals surface area contributed by atoms with Gasteiger partial charge in [0.15, 0.2) is 6.10 Å². The van der Waals surface area contributed by atoms with E-state index in [1.54, 1.807) is 37.3 Å². The van der Waals surface area contributed by atoms with Crippen molar-refractivity contribution >= 4 is 23.2 Å². The van der Waals surface area contributed by atoms with Crippen LogP contribution >= 0.6 is 11.6 Å². The SMILES string of the molecule is Cc1ccc(-c2nnco2)cc1NC(=O)[C@H](C)Oc1cccc(Cl)c1. The van der Waals surface area contributed by atoms with Crippen LogP contribution in [0.4, 0.5) is 5.69 Å². The highest BCUT2D eigenvalue weighted by atomic mass is 35.5. The number of hydrogen-bond acceptors (Lipinski definition) is 5. The normalized spacial score (nSPS) is 11.8. The molecule has 0 spiro atoms. The lowest BCUT2D eigenvalue weighted by atomic mass is 10.1. The molecule has 1 amide bonds. The molecule has 0 fully saturated rings. The van der Waals surface area contributed by atoms with Crippen LogP contribution in [0.5, 0.6) is 5.75 Å². The van der Waals surface area contributed by atoms with Crippen LogP contribution in [0.15, 0.2) is 53.3 Å². The van der Waals surface area contributed by atoms with Crippen molar-refractivity contribution in [2.45, 2.75) is 20.0 Å². The Morgan fingerprint density at radius 2 is 2.12 bits per heavy atom. The van der Waals surface area contributed by atoms with Gasteiger partial charge < -0.3 is 14.5 Å². The van der Waals surface area contributed by atoms with Gasteiger partial charge >= 0.3 is 0 Å². The Kier molecular flexibility index (Phi) is 5.00. The second kappa shape index (κ2) is 7.36. The van der Waals surface area contributed by atoms with E-state index in [1.807, 2.05) is 19.1 Å². The van der Waals surface area contributed by atoms with Crippen molar-refractivity contribution in [3.8, 4) is 17.2 Å². The first-order valence-electron chi connectivity index (χ1n) is 7.63. The molecule has 2 aromatic carbocycles. The van der Waals surface area contributed by atoms with Crippen LogP contribution < -0.4 is 10.1 Å². The summed E-state index contributed by atoms with van der Waals surface area (Å²) in [5.41, 5.74) is 2.29. The molecule has 3 rings (SSSR count). The van der Waals surface area contributed by atoms with Crippen LogP contribution in [0.1, 0.15) is 12.5 Å². The Bertz CT molecular complexity index is 881. The fourth-order valence-corrected chi connectivity index (χ4v) is 2.40. The highest BCUT2D eigenvalue weighted by molar-refractivity contribution is 6.30. The molecule has 128 valence electrons. The van der Waals surface area contributed by atoms with E-state index in [0.717, 1.165) is 11.1 Å². The lowest BCUT2D eigenvalue weighted by molar-refractivity contribution is -0.122. The summed E-state index contributed by atoms with van der Waals surface area (Å²) in [5.74, 6) is 0.649. The average molecular weight is 358 g/mol. The highest BCUT2D eigenvalue weighted by Crippen LogP contribution is 2.24. The van der Waals surface area contributed by atoms with Crippen LogP contribution in [0.2, 0.25) is 5.02 Å². The minimum atomic E-state index is -0.690. The van der Waals surface area contributed by atoms with Crippen LogP contribution in [-0.2, 0) is 4.79 Å². The molecule has 1 atom stereocenters. The number of aromatic nitrogens is 2. The lowest BCUT2D eigenvalue weighted by Gasteiger charge is -2.16. The number of ether oxygens (including phenoxy) is 1. The zero-order valence-corrected chi connectivity index (χ0v) is 14.4. The molecule has 1 heterocycles. The fourth-order valence-electron chi connectivity index (χ4n) is 2.22. The quantitative estimate of drug-likeness (QED) is 0.743. The molecule has 0 aliphatic carbocycles. The molecule has 25 heavy (non-hydrogen) atoms. The zero-order chi connectivity index (χ0) is 17.8. The van der Waals surface area contributed by atoms with Crippen molar-refractivity contribution in [1.29, 1.82) is 0 Å². The zero-order valence-electron chi connectivity index (χ0n) is 13.7. The van der Waals surface area contributed by atoms with E-state index in [-0.39, 0.29) is 5.91 Å². The van der Waals surface area contributed by atoms with Crippen LogP contribution in [-0.4, -0.2) is 22.2 Å². The Labute approximate surface area is 149 Å². The molecular formula is C18H16ClN3O3. The van der Waals surface area contributed by atoms with Crippen molar-refractivity contribution in [2.24, 2.45) is 0 Å². The van der Waals surface area contributed by atoms with E-state index < -0.39 is 6.10 Å². The number of aryl methyl sites for hydroxylation is 1. The molecule has 0 unspecified atom stereocenters. The van der Waals surface area contributed by atoms with Crippen molar-refractivity contribution in [3.63, 3.8) is 0 Å². The van der Waals surface area contributed by atoms with E-state index in [9.17, 15) is 4.79 Å². The molecule has 0 radical (unpaired) electrons. The molecule has 7 heteroatoms. The Morgan fingerprint density at radius 3 is 2.84 bits per heavy atom. The average Bonchev–Trinajstić information content (AvgIpc) is 3.11. The molecule has 1 aromatic heterocycles. The number of rotatable bonds is 5. The summed E-state index contributed by atoms with van der Waals surface area (Å²) in [4.78, 5) is 12.4. The molecule has 0 aliphatic heterocycles. The summed E-state index contributed by atoms with van der Waals surface area (Å²) in [6.07, 6.45) is 0.568. The maximum absolute atomic E-state index is 12.4. The third-order valence-electron chi connectivity index (χ3n) is 3.58. The smallest absolute Gasteiger partial charge is 0.265 e. The maximum atomic E-state index is 12.4. The van der Waals surface area contributed by atoms with E-state index in [1.165, 1.54) is 6.39 Å². The fraction of sp³-hybridized carbons (Fsp3) is 0.167. The summed E-state index contributed by atoms with van der Waals surface area (Å²) in [6.45, 7) is 3.57. The van der Waals surface area contributed by atoms with Gasteiger partial charge in [-0.05, 0) is 49.7 Å². The summed E-state index contributed by atoms with van der Waals surface area (Å²) >= 11 is 5.92. The van der Waals surface area contributed by atoms with Gasteiger partial charge in [0.1, 0.15) is 5.75 Å². The largest absolute Gasteiger partial charge is 0.481 e. The molecule has 0 saturated heterocycles. The summed E-state index contributed by atoms with van der Waals surface area (Å²) in [6, 6.07) is 12.4. The Hall–Kier alpha value is -2.86. The van der Waals surface area contributed by atoms with E-state index in [0.29, 0.717) is 22.4 Å². The van der Waals surface area contributed by atoms with Gasteiger partial charge in [-0.2, -0.15) is 0 Å². The molecular weight excluding hydrogens is 342 g/mol. The van der Waals surface area contributed by atoms with Gasteiger partial charge in [-0.25, -0.2) is 0 Å². The Morgan fingerprint density at radius 1 is 1.28 bits per heavy atom. The van der Waals surface area contributed by atoms with Gasteiger partial charge in [0.25, 0.3) is 5.91 Å². The van der Waals surface area contributed by atoms with Crippen LogP contribution in [0.3, 0.4) is 0 Å². The number of halogens is 1. The molecule has 0 saturated carbocycles. The van der Waals surface area contributed by atoms with Crippen molar-refractivity contribution < 1.29 is 13.9 Å². The molecule has 6 nitrogen and oxygen atoms in total. The van der Waals surface area contributed by atoms with Gasteiger partial charge in [0.05, 0.1) is 0 Å². The predicted molar refractivity (Wildman–Crippen MR) is 94.6 cm³/mol. The van der Waals surface area contributed by atoms with Gasteiger partial charge in [-0.1, -0.05) is 23.7 Å². The highest BCUT2D eigenvalue weighted by Gasteiger charge is 2.17. The van der Waals surface area contributed by atoms with Crippen LogP contribution in [0.25, 0.3) is 11.5 Å². The Balaban J connectivity index is 1.73. The molecule has 0 aliphatic rings. The summed E-state index contributed by atoms with van der Waals surface area (Å²) in [7, 11) is 0. The third kappa shape index (κ3) is 4.16. The molecule has 3 aromatic rings. The van der Waals surface area contributed by atoms with Gasteiger partial charge in [0, 0.05) is 16.3 Å². The number of carbonyl (C=O) groups excluding carboxylic acids is 1. The second-order valence-electron chi connectivity index (χ2n) is 5.48. The first-order valence-corrected chi connectivity index (χ1v) is 8.01. The standard InChI is InChI=1S/C18H16ClN3O3/c1-11-6-7-13(18-22-20-10-24-18)8-16(11)21-17(23)12(2)25-15-5-3-4-14(19)9-15/h3-10,12H,1-2H3,(H,21,23)/t12-/m0/s1. The number of benzene rings is 2. The number of carbonyl (C=O) groups is 1. The number of nitrogens with one attached hydrogen (secondary N) is 1. The molecule has 1 N–H and O–H groups in total. The number of amides is 1. The predicted octanol–water partition coefficient (Wildman–Crippen LogP) is 4.10. The topological polar surface area (TPSA) is 77.3 Å². The first kappa shape index (κ1) is 17.0. The van der Waals surface area contributed by atoms with Gasteiger partial charge in [-0.15, -0.1) is 10.2 Å². The van der Waals surface area contributed by atoms with Gasteiger partial charge in [0.2, 0.25) is 12.3 Å².